The largest absolute Gasteiger partial charge is 0.378 e. The van der Waals surface area contributed by atoms with Crippen LogP contribution in [0.15, 0.2) is 36.5 Å². The summed E-state index contributed by atoms with van der Waals surface area (Å²) in [7, 11) is 1.62. The van der Waals surface area contributed by atoms with Gasteiger partial charge in [0.1, 0.15) is 11.5 Å². The SMILES string of the molecule is Cc1c([N+](=O)[O-])c(Nc2cc(N3CCOCC3)ncc2C(=O)c2ccccc2Cl)nn1C. The van der Waals surface area contributed by atoms with Gasteiger partial charge in [-0.1, -0.05) is 23.7 Å². The van der Waals surface area contributed by atoms with Crippen LogP contribution < -0.4 is 10.2 Å². The Morgan fingerprint density at radius 3 is 2.66 bits per heavy atom. The fourth-order valence-corrected chi connectivity index (χ4v) is 3.73. The molecule has 2 aromatic heterocycles. The van der Waals surface area contributed by atoms with Gasteiger partial charge in [0.05, 0.1) is 34.4 Å². The van der Waals surface area contributed by atoms with Gasteiger partial charge in [0.2, 0.25) is 5.82 Å². The number of benzene rings is 1. The van der Waals surface area contributed by atoms with Crippen LogP contribution in [-0.2, 0) is 11.8 Å². The molecule has 0 atom stereocenters. The highest BCUT2D eigenvalue weighted by Gasteiger charge is 2.27. The molecule has 3 heterocycles. The van der Waals surface area contributed by atoms with E-state index in [0.29, 0.717) is 54.1 Å². The lowest BCUT2D eigenvalue weighted by Crippen LogP contribution is -2.36. The van der Waals surface area contributed by atoms with E-state index < -0.39 is 4.92 Å². The highest BCUT2D eigenvalue weighted by Crippen LogP contribution is 2.33. The van der Waals surface area contributed by atoms with E-state index in [0.717, 1.165) is 0 Å². The molecule has 0 bridgehead atoms. The van der Waals surface area contributed by atoms with Crippen LogP contribution >= 0.6 is 11.6 Å². The number of anilines is 3. The molecule has 1 fully saturated rings. The van der Waals surface area contributed by atoms with Gasteiger partial charge >= 0.3 is 5.69 Å². The summed E-state index contributed by atoms with van der Waals surface area (Å²) in [5, 5.41) is 19.2. The first-order valence-electron chi connectivity index (χ1n) is 9.93. The number of hydrogen-bond donors (Lipinski definition) is 1. The van der Waals surface area contributed by atoms with Gasteiger partial charge in [0.15, 0.2) is 5.78 Å². The van der Waals surface area contributed by atoms with Crippen molar-refractivity contribution in [1.29, 1.82) is 0 Å². The minimum atomic E-state index is -0.496. The Morgan fingerprint density at radius 1 is 1.25 bits per heavy atom. The number of aromatic nitrogens is 3. The second-order valence-corrected chi connectivity index (χ2v) is 7.69. The summed E-state index contributed by atoms with van der Waals surface area (Å²) < 4.78 is 6.81. The van der Waals surface area contributed by atoms with Crippen LogP contribution in [0, 0.1) is 17.0 Å². The minimum absolute atomic E-state index is 0.0438. The van der Waals surface area contributed by atoms with Crippen molar-refractivity contribution in [3.05, 3.63) is 68.5 Å². The summed E-state index contributed by atoms with van der Waals surface area (Å²) in [6.45, 7) is 4.03. The Labute approximate surface area is 188 Å². The van der Waals surface area contributed by atoms with Crippen LogP contribution in [-0.4, -0.2) is 51.8 Å². The molecule has 1 aliphatic heterocycles. The van der Waals surface area contributed by atoms with Crippen LogP contribution in [0.25, 0.3) is 0 Å². The number of aryl methyl sites for hydroxylation is 1. The molecule has 0 amide bonds. The summed E-state index contributed by atoms with van der Waals surface area (Å²) in [5.41, 5.74) is 1.12. The van der Waals surface area contributed by atoms with Crippen molar-refractivity contribution >= 4 is 40.4 Å². The summed E-state index contributed by atoms with van der Waals surface area (Å²) in [6.07, 6.45) is 1.46. The molecule has 0 saturated carbocycles. The first kappa shape index (κ1) is 21.7. The highest BCUT2D eigenvalue weighted by atomic mass is 35.5. The molecule has 10 nitrogen and oxygen atoms in total. The smallest absolute Gasteiger partial charge is 0.333 e. The molecule has 0 aliphatic carbocycles. The van der Waals surface area contributed by atoms with E-state index in [1.807, 2.05) is 4.90 Å². The zero-order valence-corrected chi connectivity index (χ0v) is 18.3. The average molecular weight is 457 g/mol. The second-order valence-electron chi connectivity index (χ2n) is 7.28. The number of carbonyl (C=O) groups excluding carboxylic acids is 1. The van der Waals surface area contributed by atoms with E-state index in [1.165, 1.54) is 10.9 Å². The van der Waals surface area contributed by atoms with Crippen molar-refractivity contribution in [2.45, 2.75) is 6.92 Å². The molecule has 1 aromatic carbocycles. The Balaban J connectivity index is 1.80. The van der Waals surface area contributed by atoms with Gasteiger partial charge in [-0.05, 0) is 19.1 Å². The third-order valence-electron chi connectivity index (χ3n) is 5.33. The van der Waals surface area contributed by atoms with Gasteiger partial charge in [-0.3, -0.25) is 19.6 Å². The molecular weight excluding hydrogens is 436 g/mol. The zero-order valence-electron chi connectivity index (χ0n) is 17.5. The van der Waals surface area contributed by atoms with Crippen LogP contribution in [0.5, 0.6) is 0 Å². The Kier molecular flexibility index (Phi) is 6.06. The van der Waals surface area contributed by atoms with Gasteiger partial charge in [-0.15, -0.1) is 5.10 Å². The van der Waals surface area contributed by atoms with E-state index >= 15 is 0 Å². The fourth-order valence-electron chi connectivity index (χ4n) is 3.51. The predicted octanol–water partition coefficient (Wildman–Crippen LogP) is 3.50. The number of nitrogens with one attached hydrogen (secondary N) is 1. The maximum atomic E-state index is 13.3. The van der Waals surface area contributed by atoms with Crippen LogP contribution in [0.3, 0.4) is 0 Å². The fraction of sp³-hybridized carbons (Fsp3) is 0.286. The van der Waals surface area contributed by atoms with Crippen molar-refractivity contribution in [2.75, 3.05) is 36.5 Å². The molecule has 11 heteroatoms. The Bertz CT molecular complexity index is 1190. The third-order valence-corrected chi connectivity index (χ3v) is 5.66. The van der Waals surface area contributed by atoms with Crippen molar-refractivity contribution < 1.29 is 14.5 Å². The van der Waals surface area contributed by atoms with Gasteiger partial charge in [0, 0.05) is 38.0 Å². The monoisotopic (exact) mass is 456 g/mol. The van der Waals surface area contributed by atoms with Gasteiger partial charge in [0.25, 0.3) is 0 Å². The number of ether oxygens (including phenoxy) is 1. The number of carbonyl (C=O) groups is 1. The van der Waals surface area contributed by atoms with Crippen LogP contribution in [0.1, 0.15) is 21.6 Å². The van der Waals surface area contributed by atoms with Gasteiger partial charge < -0.3 is 15.0 Å². The molecule has 1 saturated heterocycles. The first-order valence-corrected chi connectivity index (χ1v) is 10.3. The predicted molar refractivity (Wildman–Crippen MR) is 120 cm³/mol. The van der Waals surface area contributed by atoms with Gasteiger partial charge in [-0.2, -0.15) is 0 Å². The number of pyridine rings is 1. The number of nitro groups is 1. The number of hydrogen-bond acceptors (Lipinski definition) is 8. The van der Waals surface area contributed by atoms with E-state index in [-0.39, 0.29) is 22.9 Å². The summed E-state index contributed by atoms with van der Waals surface area (Å²) >= 11 is 6.24. The maximum Gasteiger partial charge on any atom is 0.333 e. The Hall–Kier alpha value is -3.50. The normalized spacial score (nSPS) is 13.8. The van der Waals surface area contributed by atoms with Crippen molar-refractivity contribution in [3.8, 4) is 0 Å². The molecule has 4 rings (SSSR count). The lowest BCUT2D eigenvalue weighted by Gasteiger charge is -2.28. The van der Waals surface area contributed by atoms with Crippen molar-refractivity contribution in [1.82, 2.24) is 14.8 Å². The quantitative estimate of drug-likeness (QED) is 0.340. The molecule has 32 heavy (non-hydrogen) atoms. The van der Waals surface area contributed by atoms with E-state index in [2.05, 4.69) is 15.4 Å². The Morgan fingerprint density at radius 2 is 1.97 bits per heavy atom. The second kappa shape index (κ2) is 8.93. The molecular formula is C21H21ClN6O4. The summed E-state index contributed by atoms with van der Waals surface area (Å²) in [6, 6.07) is 8.40. The number of rotatable bonds is 6. The lowest BCUT2D eigenvalue weighted by molar-refractivity contribution is -0.384. The highest BCUT2D eigenvalue weighted by molar-refractivity contribution is 6.35. The first-order chi connectivity index (χ1) is 15.4. The van der Waals surface area contributed by atoms with Crippen LogP contribution in [0.4, 0.5) is 23.0 Å². The molecule has 0 spiro atoms. The maximum absolute atomic E-state index is 13.3. The molecule has 0 unspecified atom stereocenters. The summed E-state index contributed by atoms with van der Waals surface area (Å²) in [4.78, 5) is 30.9. The standard InChI is InChI=1S/C21H21ClN6O4/c1-13-19(28(30)31)21(25-26(13)2)24-17-11-18(27-7-9-32-10-8-27)23-12-15(17)20(29)14-5-3-4-6-16(14)22/h3-6,11-12H,7-10H2,1-2H3,(H,23,24,25). The number of nitrogens with zero attached hydrogens (tertiary/aromatic N) is 5. The zero-order chi connectivity index (χ0) is 22.8. The molecule has 3 aromatic rings. The minimum Gasteiger partial charge on any atom is -0.378 e. The molecule has 0 radical (unpaired) electrons. The number of ketones is 1. The lowest BCUT2D eigenvalue weighted by atomic mass is 10.0. The summed E-state index contributed by atoms with van der Waals surface area (Å²) in [5.74, 6) is 0.318. The number of halogens is 1. The van der Waals surface area contributed by atoms with Crippen molar-refractivity contribution in [2.24, 2.45) is 7.05 Å². The topological polar surface area (TPSA) is 115 Å². The van der Waals surface area contributed by atoms with Crippen LogP contribution in [0.2, 0.25) is 5.02 Å². The van der Waals surface area contributed by atoms with E-state index in [1.54, 1.807) is 44.3 Å². The molecule has 1 aliphatic rings. The van der Waals surface area contributed by atoms with Gasteiger partial charge in [-0.25, -0.2) is 4.98 Å². The third kappa shape index (κ3) is 4.14. The molecule has 1 N–H and O–H groups in total. The molecule has 166 valence electrons. The van der Waals surface area contributed by atoms with E-state index in [9.17, 15) is 14.9 Å². The average Bonchev–Trinajstić information content (AvgIpc) is 3.07. The van der Waals surface area contributed by atoms with Crippen molar-refractivity contribution in [3.63, 3.8) is 0 Å². The van der Waals surface area contributed by atoms with E-state index in [4.69, 9.17) is 16.3 Å². The number of morpholine rings is 1.